The molecule has 0 spiro atoms. The first-order chi connectivity index (χ1) is 7.40. The van der Waals surface area contributed by atoms with Gasteiger partial charge >= 0.3 is 0 Å². The highest BCUT2D eigenvalue weighted by molar-refractivity contribution is 7.03. The van der Waals surface area contributed by atoms with Crippen LogP contribution in [0.2, 0.25) is 0 Å². The molecule has 0 aromatic carbocycles. The van der Waals surface area contributed by atoms with Crippen LogP contribution in [0.5, 0.6) is 0 Å². The summed E-state index contributed by atoms with van der Waals surface area (Å²) in [5.41, 5.74) is 1.82. The van der Waals surface area contributed by atoms with E-state index in [9.17, 15) is 0 Å². The molecule has 0 unspecified atom stereocenters. The highest BCUT2D eigenvalue weighted by atomic mass is 32.1. The fraction of sp³-hybridized carbons (Fsp3) is 0. The molecule has 0 radical (unpaired) electrons. The minimum Gasteiger partial charge on any atom is -0.256 e. The van der Waals surface area contributed by atoms with Crippen molar-refractivity contribution in [1.29, 1.82) is 5.26 Å². The number of rotatable bonds is 2. The summed E-state index contributed by atoms with van der Waals surface area (Å²) in [6.45, 7) is 0. The van der Waals surface area contributed by atoms with Crippen molar-refractivity contribution in [3.05, 3.63) is 41.2 Å². The summed E-state index contributed by atoms with van der Waals surface area (Å²) in [5.74, 6) is 0. The van der Waals surface area contributed by atoms with Crippen LogP contribution in [0.1, 0.15) is 11.4 Å². The van der Waals surface area contributed by atoms with Crippen LogP contribution in [0.3, 0.4) is 0 Å². The number of aromatic nitrogens is 3. The standard InChI is InChI=1S/C10H6N4S/c11-6-8(5-9-7-15-14-13-9)10-3-1-2-4-12-10/h1-5,7H/b8-5-. The zero-order chi connectivity index (χ0) is 10.5. The van der Waals surface area contributed by atoms with Gasteiger partial charge in [0.25, 0.3) is 0 Å². The summed E-state index contributed by atoms with van der Waals surface area (Å²) < 4.78 is 3.72. The summed E-state index contributed by atoms with van der Waals surface area (Å²) in [7, 11) is 0. The molecule has 0 aliphatic rings. The molecule has 0 fully saturated rings. The second kappa shape index (κ2) is 4.44. The second-order valence-corrected chi connectivity index (χ2v) is 3.32. The Morgan fingerprint density at radius 2 is 2.40 bits per heavy atom. The molecule has 0 amide bonds. The van der Waals surface area contributed by atoms with Gasteiger partial charge < -0.3 is 0 Å². The van der Waals surface area contributed by atoms with E-state index in [1.165, 1.54) is 11.5 Å². The Morgan fingerprint density at radius 3 is 3.00 bits per heavy atom. The van der Waals surface area contributed by atoms with Gasteiger partial charge in [-0.25, -0.2) is 0 Å². The number of nitriles is 1. The Balaban J connectivity index is 2.38. The Labute approximate surface area is 90.7 Å². The van der Waals surface area contributed by atoms with Gasteiger partial charge in [0.15, 0.2) is 0 Å². The monoisotopic (exact) mass is 214 g/mol. The largest absolute Gasteiger partial charge is 0.256 e. The molecule has 2 heterocycles. The lowest BCUT2D eigenvalue weighted by molar-refractivity contribution is 1.14. The van der Waals surface area contributed by atoms with Crippen molar-refractivity contribution in [3.8, 4) is 6.07 Å². The van der Waals surface area contributed by atoms with Crippen LogP contribution in [0.15, 0.2) is 29.8 Å². The molecule has 15 heavy (non-hydrogen) atoms. The van der Waals surface area contributed by atoms with Gasteiger partial charge in [0, 0.05) is 11.6 Å². The molecule has 0 aliphatic heterocycles. The van der Waals surface area contributed by atoms with Crippen molar-refractivity contribution < 1.29 is 0 Å². The van der Waals surface area contributed by atoms with E-state index in [1.54, 1.807) is 23.7 Å². The summed E-state index contributed by atoms with van der Waals surface area (Å²) in [6.07, 6.45) is 3.33. The Kier molecular flexibility index (Phi) is 2.81. The van der Waals surface area contributed by atoms with E-state index in [4.69, 9.17) is 5.26 Å². The normalized spacial score (nSPS) is 11.0. The first-order valence-electron chi connectivity index (χ1n) is 4.20. The zero-order valence-corrected chi connectivity index (χ0v) is 8.48. The molecule has 0 N–H and O–H groups in total. The molecule has 0 saturated carbocycles. The van der Waals surface area contributed by atoms with Crippen LogP contribution in [0, 0.1) is 11.3 Å². The lowest BCUT2D eigenvalue weighted by Gasteiger charge is -1.94. The lowest BCUT2D eigenvalue weighted by atomic mass is 10.1. The zero-order valence-electron chi connectivity index (χ0n) is 7.66. The van der Waals surface area contributed by atoms with Crippen molar-refractivity contribution in [2.24, 2.45) is 0 Å². The smallest absolute Gasteiger partial charge is 0.101 e. The molecule has 0 atom stereocenters. The topological polar surface area (TPSA) is 62.5 Å². The highest BCUT2D eigenvalue weighted by Crippen LogP contribution is 2.14. The third kappa shape index (κ3) is 2.24. The molecule has 0 aliphatic carbocycles. The molecule has 2 aromatic rings. The van der Waals surface area contributed by atoms with E-state index >= 15 is 0 Å². The fourth-order valence-electron chi connectivity index (χ4n) is 1.07. The first kappa shape index (κ1) is 9.49. The SMILES string of the molecule is N#C/C(=C/c1csnn1)c1ccccn1. The Bertz CT molecular complexity index is 496. The highest BCUT2D eigenvalue weighted by Gasteiger charge is 2.02. The van der Waals surface area contributed by atoms with E-state index in [0.29, 0.717) is 17.0 Å². The van der Waals surface area contributed by atoms with Gasteiger partial charge in [-0.05, 0) is 29.7 Å². The third-order valence-corrected chi connectivity index (χ3v) is 2.25. The minimum absolute atomic E-state index is 0.489. The minimum atomic E-state index is 0.489. The Hall–Kier alpha value is -2.06. The fourth-order valence-corrected chi connectivity index (χ4v) is 1.48. The van der Waals surface area contributed by atoms with Gasteiger partial charge in [0.05, 0.1) is 17.0 Å². The number of nitrogens with zero attached hydrogens (tertiary/aromatic N) is 4. The molecule has 0 bridgehead atoms. The Morgan fingerprint density at radius 1 is 1.47 bits per heavy atom. The summed E-state index contributed by atoms with van der Waals surface area (Å²) in [4.78, 5) is 4.09. The van der Waals surface area contributed by atoms with Gasteiger partial charge in [-0.15, -0.1) is 5.10 Å². The van der Waals surface area contributed by atoms with E-state index in [2.05, 4.69) is 20.6 Å². The first-order valence-corrected chi connectivity index (χ1v) is 5.04. The van der Waals surface area contributed by atoms with Crippen LogP contribution in [-0.4, -0.2) is 14.6 Å². The van der Waals surface area contributed by atoms with Gasteiger partial charge in [-0.1, -0.05) is 10.6 Å². The molecule has 2 aromatic heterocycles. The predicted molar refractivity (Wildman–Crippen MR) is 57.6 cm³/mol. The molecule has 5 heteroatoms. The van der Waals surface area contributed by atoms with E-state index in [1.807, 2.05) is 12.1 Å². The molecular weight excluding hydrogens is 208 g/mol. The third-order valence-electron chi connectivity index (χ3n) is 1.73. The van der Waals surface area contributed by atoms with Gasteiger partial charge in [0.1, 0.15) is 6.07 Å². The summed E-state index contributed by atoms with van der Waals surface area (Å²) >= 11 is 1.25. The number of hydrogen-bond acceptors (Lipinski definition) is 5. The van der Waals surface area contributed by atoms with Crippen LogP contribution < -0.4 is 0 Å². The van der Waals surface area contributed by atoms with Gasteiger partial charge in [-0.3, -0.25) is 4.98 Å². The molecule has 72 valence electrons. The van der Waals surface area contributed by atoms with Gasteiger partial charge in [0.2, 0.25) is 0 Å². The van der Waals surface area contributed by atoms with Crippen LogP contribution in [0.4, 0.5) is 0 Å². The maximum absolute atomic E-state index is 8.98. The number of allylic oxidation sites excluding steroid dienone is 1. The second-order valence-electron chi connectivity index (χ2n) is 2.71. The average molecular weight is 214 g/mol. The van der Waals surface area contributed by atoms with Crippen molar-refractivity contribution in [2.45, 2.75) is 0 Å². The summed E-state index contributed by atoms with van der Waals surface area (Å²) in [5, 5.41) is 14.6. The molecule has 4 nitrogen and oxygen atoms in total. The average Bonchev–Trinajstić information content (AvgIpc) is 2.80. The van der Waals surface area contributed by atoms with E-state index in [0.717, 1.165) is 0 Å². The van der Waals surface area contributed by atoms with Crippen LogP contribution >= 0.6 is 11.5 Å². The van der Waals surface area contributed by atoms with Crippen molar-refractivity contribution in [1.82, 2.24) is 14.6 Å². The van der Waals surface area contributed by atoms with Crippen LogP contribution in [0.25, 0.3) is 11.6 Å². The lowest BCUT2D eigenvalue weighted by Crippen LogP contribution is -1.85. The number of pyridine rings is 1. The maximum Gasteiger partial charge on any atom is 0.101 e. The maximum atomic E-state index is 8.98. The quantitative estimate of drug-likeness (QED) is 0.717. The van der Waals surface area contributed by atoms with Gasteiger partial charge in [-0.2, -0.15) is 5.26 Å². The predicted octanol–water partition coefficient (Wildman–Crippen LogP) is 2.00. The number of hydrogen-bond donors (Lipinski definition) is 0. The molecule has 0 saturated heterocycles. The van der Waals surface area contributed by atoms with E-state index in [-0.39, 0.29) is 0 Å². The molecule has 2 rings (SSSR count). The van der Waals surface area contributed by atoms with Crippen LogP contribution in [-0.2, 0) is 0 Å². The van der Waals surface area contributed by atoms with Crippen molar-refractivity contribution >= 4 is 23.2 Å². The van der Waals surface area contributed by atoms with Crippen molar-refractivity contribution in [2.75, 3.05) is 0 Å². The summed E-state index contributed by atoms with van der Waals surface area (Å²) in [6, 6.07) is 7.53. The van der Waals surface area contributed by atoms with E-state index < -0.39 is 0 Å². The van der Waals surface area contributed by atoms with Crippen molar-refractivity contribution in [3.63, 3.8) is 0 Å². The molecular formula is C10H6N4S.